The Morgan fingerprint density at radius 2 is 2.11 bits per heavy atom. The summed E-state index contributed by atoms with van der Waals surface area (Å²) in [6.07, 6.45) is 0. The molecule has 4 nitrogen and oxygen atoms in total. The van der Waals surface area contributed by atoms with Crippen molar-refractivity contribution >= 4 is 32.7 Å². The number of hydrogen-bond donors (Lipinski definition) is 1. The normalized spacial score (nSPS) is 12.3. The molecule has 1 aromatic carbocycles. The zero-order valence-corrected chi connectivity index (χ0v) is 12.5. The van der Waals surface area contributed by atoms with Crippen LogP contribution in [0.25, 0.3) is 0 Å². The molecule has 0 spiro atoms. The molecule has 19 heavy (non-hydrogen) atoms. The van der Waals surface area contributed by atoms with E-state index in [2.05, 4.69) is 15.9 Å². The van der Waals surface area contributed by atoms with E-state index in [4.69, 9.17) is 9.52 Å². The molecule has 0 aliphatic heterocycles. The van der Waals surface area contributed by atoms with Crippen molar-refractivity contribution in [2.45, 2.75) is 17.6 Å². The van der Waals surface area contributed by atoms with Gasteiger partial charge in [-0.2, -0.15) is 0 Å². The Morgan fingerprint density at radius 1 is 1.42 bits per heavy atom. The van der Waals surface area contributed by atoms with Gasteiger partial charge in [0.2, 0.25) is 5.76 Å². The van der Waals surface area contributed by atoms with Gasteiger partial charge in [0.1, 0.15) is 5.76 Å². The highest BCUT2D eigenvalue weighted by Gasteiger charge is 2.17. The van der Waals surface area contributed by atoms with E-state index in [0.29, 0.717) is 16.2 Å². The van der Waals surface area contributed by atoms with Crippen molar-refractivity contribution in [1.29, 1.82) is 0 Å². The van der Waals surface area contributed by atoms with E-state index in [1.807, 2.05) is 12.1 Å². The number of carboxylic acid groups (broad SMARTS) is 1. The highest BCUT2D eigenvalue weighted by Crippen LogP contribution is 2.23. The zero-order valence-electron chi connectivity index (χ0n) is 10.1. The van der Waals surface area contributed by atoms with Crippen LogP contribution in [0.4, 0.5) is 0 Å². The van der Waals surface area contributed by atoms with Crippen LogP contribution in [0.5, 0.6) is 0 Å². The molecular weight excluding hydrogens is 332 g/mol. The molecule has 0 saturated carbocycles. The minimum absolute atomic E-state index is 0.0980. The number of furan rings is 1. The van der Waals surface area contributed by atoms with Crippen LogP contribution >= 0.6 is 15.9 Å². The van der Waals surface area contributed by atoms with Gasteiger partial charge in [0.15, 0.2) is 0 Å². The average Bonchev–Trinajstić information content (AvgIpc) is 2.70. The van der Waals surface area contributed by atoms with Crippen LogP contribution in [0.1, 0.15) is 21.9 Å². The molecule has 1 heterocycles. The summed E-state index contributed by atoms with van der Waals surface area (Å²) in [7, 11) is -1.29. The minimum atomic E-state index is -1.29. The van der Waals surface area contributed by atoms with Gasteiger partial charge < -0.3 is 9.52 Å². The standard InChI is InChI=1S/C13H11BrO4S/c1-8-6-9(18-12(8)13(15)16)7-19(17)11-5-3-2-4-10(11)14/h2-6H,7H2,1H3,(H,15,16). The lowest BCUT2D eigenvalue weighted by Gasteiger charge is -2.02. The molecule has 2 rings (SSSR count). The van der Waals surface area contributed by atoms with Crippen LogP contribution in [-0.2, 0) is 16.6 Å². The Morgan fingerprint density at radius 3 is 2.68 bits per heavy atom. The fourth-order valence-electron chi connectivity index (χ4n) is 1.67. The van der Waals surface area contributed by atoms with Gasteiger partial charge in [-0.25, -0.2) is 4.79 Å². The SMILES string of the molecule is Cc1cc(CS(=O)c2ccccc2Br)oc1C(=O)O. The molecule has 1 unspecified atom stereocenters. The topological polar surface area (TPSA) is 67.5 Å². The number of hydrogen-bond acceptors (Lipinski definition) is 3. The Balaban J connectivity index is 2.22. The van der Waals surface area contributed by atoms with Crippen molar-refractivity contribution in [3.8, 4) is 0 Å². The number of aromatic carboxylic acids is 1. The Hall–Kier alpha value is -1.40. The van der Waals surface area contributed by atoms with Gasteiger partial charge in [-0.3, -0.25) is 4.21 Å². The van der Waals surface area contributed by atoms with E-state index in [1.165, 1.54) is 0 Å². The summed E-state index contributed by atoms with van der Waals surface area (Å²) in [6, 6.07) is 8.81. The van der Waals surface area contributed by atoms with Gasteiger partial charge in [-0.1, -0.05) is 12.1 Å². The van der Waals surface area contributed by atoms with Gasteiger partial charge in [0, 0.05) is 10.0 Å². The third-order valence-corrected chi connectivity index (χ3v) is 4.87. The average molecular weight is 343 g/mol. The highest BCUT2D eigenvalue weighted by molar-refractivity contribution is 9.10. The largest absolute Gasteiger partial charge is 0.475 e. The molecule has 0 aliphatic rings. The first-order chi connectivity index (χ1) is 8.99. The van der Waals surface area contributed by atoms with Crippen LogP contribution in [0.3, 0.4) is 0 Å². The molecule has 0 aliphatic carbocycles. The van der Waals surface area contributed by atoms with E-state index in [1.54, 1.807) is 25.1 Å². The molecule has 2 aromatic rings. The molecule has 6 heteroatoms. The second kappa shape index (κ2) is 5.71. The van der Waals surface area contributed by atoms with E-state index in [-0.39, 0.29) is 11.5 Å². The summed E-state index contributed by atoms with van der Waals surface area (Å²) in [6.45, 7) is 1.65. The lowest BCUT2D eigenvalue weighted by molar-refractivity contribution is 0.0659. The van der Waals surface area contributed by atoms with Gasteiger partial charge in [-0.15, -0.1) is 0 Å². The molecule has 0 radical (unpaired) electrons. The first-order valence-corrected chi connectivity index (χ1v) is 7.55. The van der Waals surface area contributed by atoms with Crippen molar-refractivity contribution in [3.05, 3.63) is 51.9 Å². The van der Waals surface area contributed by atoms with Gasteiger partial charge in [0.05, 0.1) is 21.4 Å². The second-order valence-electron chi connectivity index (χ2n) is 3.95. The maximum absolute atomic E-state index is 12.2. The van der Waals surface area contributed by atoms with E-state index < -0.39 is 16.8 Å². The molecule has 1 aromatic heterocycles. The quantitative estimate of drug-likeness (QED) is 0.924. The number of aryl methyl sites for hydroxylation is 1. The molecule has 0 bridgehead atoms. The van der Waals surface area contributed by atoms with Crippen LogP contribution in [0, 0.1) is 6.92 Å². The van der Waals surface area contributed by atoms with E-state index in [9.17, 15) is 9.00 Å². The maximum atomic E-state index is 12.2. The van der Waals surface area contributed by atoms with Crippen LogP contribution < -0.4 is 0 Å². The molecule has 0 fully saturated rings. The Bertz CT molecular complexity index is 648. The number of halogens is 1. The summed E-state index contributed by atoms with van der Waals surface area (Å²) >= 11 is 3.34. The number of benzene rings is 1. The molecule has 0 amide bonds. The molecule has 100 valence electrons. The van der Waals surface area contributed by atoms with E-state index >= 15 is 0 Å². The molecule has 1 N–H and O–H groups in total. The lowest BCUT2D eigenvalue weighted by Crippen LogP contribution is -1.97. The van der Waals surface area contributed by atoms with Gasteiger partial charge in [-0.05, 0) is 41.1 Å². The van der Waals surface area contributed by atoms with Crippen molar-refractivity contribution in [3.63, 3.8) is 0 Å². The highest BCUT2D eigenvalue weighted by atomic mass is 79.9. The second-order valence-corrected chi connectivity index (χ2v) is 6.22. The third kappa shape index (κ3) is 3.13. The van der Waals surface area contributed by atoms with E-state index in [0.717, 1.165) is 4.47 Å². The first-order valence-electron chi connectivity index (χ1n) is 5.44. The van der Waals surface area contributed by atoms with Crippen molar-refractivity contribution in [2.75, 3.05) is 0 Å². The number of carbonyl (C=O) groups is 1. The summed E-state index contributed by atoms with van der Waals surface area (Å²) in [5.41, 5.74) is 0.534. The van der Waals surface area contributed by atoms with Crippen molar-refractivity contribution < 1.29 is 18.5 Å². The zero-order chi connectivity index (χ0) is 14.0. The first kappa shape index (κ1) is 14.0. The number of carboxylic acids is 1. The maximum Gasteiger partial charge on any atom is 0.372 e. The summed E-state index contributed by atoms with van der Waals surface area (Å²) < 4.78 is 18.2. The van der Waals surface area contributed by atoms with Crippen LogP contribution in [0.15, 0.2) is 44.1 Å². The smallest absolute Gasteiger partial charge is 0.372 e. The molecular formula is C13H11BrO4S. The van der Waals surface area contributed by atoms with Crippen LogP contribution in [0.2, 0.25) is 0 Å². The Kier molecular flexibility index (Phi) is 4.21. The fraction of sp³-hybridized carbons (Fsp3) is 0.154. The minimum Gasteiger partial charge on any atom is -0.475 e. The predicted octanol–water partition coefficient (Wildman–Crippen LogP) is 3.36. The van der Waals surface area contributed by atoms with Gasteiger partial charge in [0.25, 0.3) is 0 Å². The van der Waals surface area contributed by atoms with Crippen LogP contribution in [-0.4, -0.2) is 15.3 Å². The summed E-state index contributed by atoms with van der Waals surface area (Å²) in [4.78, 5) is 11.5. The third-order valence-electron chi connectivity index (χ3n) is 2.52. The summed E-state index contributed by atoms with van der Waals surface area (Å²) in [5.74, 6) is -0.657. The lowest BCUT2D eigenvalue weighted by atomic mass is 10.3. The Labute approximate surface area is 121 Å². The monoisotopic (exact) mass is 342 g/mol. The fourth-order valence-corrected chi connectivity index (χ4v) is 3.57. The predicted molar refractivity (Wildman–Crippen MR) is 74.7 cm³/mol. The molecule has 1 atom stereocenters. The molecule has 0 saturated heterocycles. The van der Waals surface area contributed by atoms with Crippen molar-refractivity contribution in [2.24, 2.45) is 0 Å². The number of rotatable bonds is 4. The van der Waals surface area contributed by atoms with Gasteiger partial charge >= 0.3 is 5.97 Å². The summed E-state index contributed by atoms with van der Waals surface area (Å²) in [5, 5.41) is 8.90. The van der Waals surface area contributed by atoms with Crippen molar-refractivity contribution in [1.82, 2.24) is 0 Å².